The van der Waals surface area contributed by atoms with Crippen molar-refractivity contribution in [2.75, 3.05) is 0 Å². The van der Waals surface area contributed by atoms with Crippen molar-refractivity contribution >= 4 is 33.8 Å². The van der Waals surface area contributed by atoms with Crippen LogP contribution in [-0.2, 0) is 9.47 Å². The molecule has 8 heteroatoms. The fourth-order valence-electron chi connectivity index (χ4n) is 1.16. The van der Waals surface area contributed by atoms with E-state index in [0.29, 0.717) is 0 Å². The maximum atomic E-state index is 11.6. The predicted octanol–water partition coefficient (Wildman–Crippen LogP) is 4.11. The molecule has 0 aliphatic rings. The van der Waals surface area contributed by atoms with Gasteiger partial charge in [-0.25, -0.2) is 9.59 Å². The van der Waals surface area contributed by atoms with E-state index >= 15 is 0 Å². The Morgan fingerprint density at radius 2 is 1.05 bits per heavy atom. The van der Waals surface area contributed by atoms with Gasteiger partial charge >= 0.3 is 12.2 Å². The van der Waals surface area contributed by atoms with Crippen LogP contribution in [0.5, 0.6) is 0 Å². The Labute approximate surface area is 141 Å². The van der Waals surface area contributed by atoms with Gasteiger partial charge in [0, 0.05) is 0 Å². The van der Waals surface area contributed by atoms with Gasteiger partial charge in [0.1, 0.15) is 11.2 Å². The predicted molar refractivity (Wildman–Crippen MR) is 92.8 cm³/mol. The highest BCUT2D eigenvalue weighted by atomic mass is 33.1. The van der Waals surface area contributed by atoms with Crippen LogP contribution >= 0.6 is 21.6 Å². The lowest BCUT2D eigenvalue weighted by Crippen LogP contribution is -2.37. The molecule has 0 aromatic rings. The minimum absolute atomic E-state index is 0.150. The molecule has 0 aliphatic carbocycles. The first kappa shape index (κ1) is 21.2. The Hall–Kier alpha value is -0.760. The number of nitrogens with one attached hydrogen (secondary N) is 2. The molecule has 130 valence electrons. The van der Waals surface area contributed by atoms with Gasteiger partial charge in [-0.05, 0) is 55.4 Å². The largest absolute Gasteiger partial charge is 0.444 e. The zero-order valence-electron chi connectivity index (χ0n) is 14.6. The average molecular weight is 353 g/mol. The fraction of sp³-hybridized carbons (Fsp3) is 0.857. The Balaban J connectivity index is 4.02. The van der Waals surface area contributed by atoms with Gasteiger partial charge in [0.25, 0.3) is 0 Å². The van der Waals surface area contributed by atoms with E-state index in [1.54, 1.807) is 0 Å². The first-order chi connectivity index (χ1) is 9.78. The van der Waals surface area contributed by atoms with E-state index in [1.807, 2.05) is 55.4 Å². The lowest BCUT2D eigenvalue weighted by molar-refractivity contribution is 0.0512. The molecular weight excluding hydrogens is 324 g/mol. The van der Waals surface area contributed by atoms with Crippen molar-refractivity contribution < 1.29 is 19.1 Å². The molecule has 0 saturated carbocycles. The van der Waals surface area contributed by atoms with E-state index in [4.69, 9.17) is 9.47 Å². The van der Waals surface area contributed by atoms with Crippen molar-refractivity contribution in [3.05, 3.63) is 0 Å². The van der Waals surface area contributed by atoms with Gasteiger partial charge in [-0.2, -0.15) is 0 Å². The lowest BCUT2D eigenvalue weighted by atomic mass is 10.2. The third-order valence-corrected chi connectivity index (χ3v) is 4.77. The molecule has 0 aromatic carbocycles. The van der Waals surface area contributed by atoms with Crippen LogP contribution in [0.3, 0.4) is 0 Å². The quantitative estimate of drug-likeness (QED) is 0.573. The van der Waals surface area contributed by atoms with Gasteiger partial charge in [-0.3, -0.25) is 0 Å². The molecule has 0 aromatic heterocycles. The summed E-state index contributed by atoms with van der Waals surface area (Å²) in [6, 6.07) is 0. The second-order valence-electron chi connectivity index (χ2n) is 6.77. The molecule has 0 heterocycles. The number of carbonyl (C=O) groups is 2. The van der Waals surface area contributed by atoms with Gasteiger partial charge < -0.3 is 20.1 Å². The van der Waals surface area contributed by atoms with Crippen molar-refractivity contribution in [1.82, 2.24) is 10.6 Å². The van der Waals surface area contributed by atoms with Crippen molar-refractivity contribution in [2.24, 2.45) is 0 Å². The SMILES string of the molecule is CC(NC(=O)OC(C)(C)C)SSC(C)NC(=O)OC(C)(C)C. The summed E-state index contributed by atoms with van der Waals surface area (Å²) in [5.41, 5.74) is -1.04. The normalized spacial score (nSPS) is 14.7. The molecule has 0 saturated heterocycles. The van der Waals surface area contributed by atoms with Gasteiger partial charge in [-0.15, -0.1) is 0 Å². The third-order valence-electron chi connectivity index (χ3n) is 1.78. The molecule has 0 bridgehead atoms. The molecule has 22 heavy (non-hydrogen) atoms. The van der Waals surface area contributed by atoms with Crippen molar-refractivity contribution in [3.63, 3.8) is 0 Å². The van der Waals surface area contributed by atoms with E-state index in [-0.39, 0.29) is 10.7 Å². The van der Waals surface area contributed by atoms with Crippen LogP contribution in [-0.4, -0.2) is 34.1 Å². The topological polar surface area (TPSA) is 76.7 Å². The Bertz CT molecular complexity index is 342. The van der Waals surface area contributed by atoms with E-state index in [1.165, 1.54) is 21.6 Å². The van der Waals surface area contributed by atoms with Gasteiger partial charge in [0.15, 0.2) is 0 Å². The summed E-state index contributed by atoms with van der Waals surface area (Å²) in [6.45, 7) is 14.6. The molecule has 2 atom stereocenters. The summed E-state index contributed by atoms with van der Waals surface area (Å²) in [6.07, 6.45) is -0.915. The molecule has 0 rings (SSSR count). The first-order valence-corrected chi connectivity index (χ1v) is 9.37. The number of rotatable bonds is 5. The van der Waals surface area contributed by atoms with Crippen LogP contribution in [0.1, 0.15) is 55.4 Å². The number of hydrogen-bond donors (Lipinski definition) is 2. The summed E-state index contributed by atoms with van der Waals surface area (Å²) >= 11 is 0. The third kappa shape index (κ3) is 12.9. The highest BCUT2D eigenvalue weighted by Gasteiger charge is 2.20. The first-order valence-electron chi connectivity index (χ1n) is 7.09. The maximum Gasteiger partial charge on any atom is 0.408 e. The van der Waals surface area contributed by atoms with Crippen molar-refractivity contribution in [1.29, 1.82) is 0 Å². The molecule has 0 fully saturated rings. The molecular formula is C14H28N2O4S2. The lowest BCUT2D eigenvalue weighted by Gasteiger charge is -2.23. The minimum Gasteiger partial charge on any atom is -0.444 e. The van der Waals surface area contributed by atoms with Crippen LogP contribution in [0.15, 0.2) is 0 Å². The molecule has 2 N–H and O–H groups in total. The average Bonchev–Trinajstić information content (AvgIpc) is 2.20. The molecule has 6 nitrogen and oxygen atoms in total. The number of hydrogen-bond acceptors (Lipinski definition) is 6. The summed E-state index contributed by atoms with van der Waals surface area (Å²) < 4.78 is 10.3. The van der Waals surface area contributed by atoms with Gasteiger partial charge in [0.2, 0.25) is 0 Å². The van der Waals surface area contributed by atoms with Crippen LogP contribution in [0.4, 0.5) is 9.59 Å². The van der Waals surface area contributed by atoms with Crippen molar-refractivity contribution in [2.45, 2.75) is 77.3 Å². The van der Waals surface area contributed by atoms with Crippen molar-refractivity contribution in [3.8, 4) is 0 Å². The number of ether oxygens (including phenoxy) is 2. The monoisotopic (exact) mass is 352 g/mol. The standard InChI is InChI=1S/C14H28N2O4S2/c1-9(15-11(17)19-13(3,4)5)21-22-10(2)16-12(18)20-14(6,7)8/h9-10H,1-8H3,(H,15,17)(H,16,18). The molecule has 0 aliphatic heterocycles. The molecule has 0 spiro atoms. The molecule has 0 radical (unpaired) electrons. The second-order valence-corrected chi connectivity index (χ2v) is 9.72. The Kier molecular flexibility index (Phi) is 8.46. The van der Waals surface area contributed by atoms with Crippen LogP contribution in [0.25, 0.3) is 0 Å². The van der Waals surface area contributed by atoms with E-state index in [9.17, 15) is 9.59 Å². The summed E-state index contributed by atoms with van der Waals surface area (Å²) in [4.78, 5) is 23.2. The highest BCUT2D eigenvalue weighted by Crippen LogP contribution is 2.28. The molecule has 2 amide bonds. The van der Waals surface area contributed by atoms with Crippen LogP contribution < -0.4 is 10.6 Å². The van der Waals surface area contributed by atoms with E-state index in [0.717, 1.165) is 0 Å². The summed E-state index contributed by atoms with van der Waals surface area (Å²) in [7, 11) is 2.87. The van der Waals surface area contributed by atoms with E-state index in [2.05, 4.69) is 10.6 Å². The summed E-state index contributed by atoms with van der Waals surface area (Å²) in [5, 5.41) is 5.14. The van der Waals surface area contributed by atoms with Crippen LogP contribution in [0.2, 0.25) is 0 Å². The number of carbonyl (C=O) groups excluding carboxylic acids is 2. The second kappa shape index (κ2) is 8.76. The summed E-state index contributed by atoms with van der Waals surface area (Å²) in [5.74, 6) is 0. The number of alkyl carbamates (subject to hydrolysis) is 2. The maximum absolute atomic E-state index is 11.6. The van der Waals surface area contributed by atoms with Crippen LogP contribution in [0, 0.1) is 0 Å². The zero-order valence-corrected chi connectivity index (χ0v) is 16.2. The smallest absolute Gasteiger partial charge is 0.408 e. The zero-order chi connectivity index (χ0) is 17.6. The van der Waals surface area contributed by atoms with Gasteiger partial charge in [0.05, 0.1) is 10.7 Å². The Morgan fingerprint density at radius 1 is 0.773 bits per heavy atom. The Morgan fingerprint density at radius 3 is 1.27 bits per heavy atom. The molecule has 2 unspecified atom stereocenters. The fourth-order valence-corrected chi connectivity index (χ4v) is 3.07. The minimum atomic E-state index is -0.521. The number of amides is 2. The van der Waals surface area contributed by atoms with E-state index < -0.39 is 23.4 Å². The van der Waals surface area contributed by atoms with Gasteiger partial charge in [-0.1, -0.05) is 21.6 Å². The highest BCUT2D eigenvalue weighted by molar-refractivity contribution is 8.77.